The average Bonchev–Trinajstić information content (AvgIpc) is 2.82. The number of nitrogens with two attached hydrogens (primary N) is 1. The molecule has 3 aromatic rings. The number of hydrogen-bond acceptors (Lipinski definition) is 3. The van der Waals surface area contributed by atoms with Crippen LogP contribution in [-0.4, -0.2) is 5.16 Å². The van der Waals surface area contributed by atoms with Gasteiger partial charge in [-0.2, -0.15) is 0 Å². The smallest absolute Gasteiger partial charge is 0.177 e. The highest BCUT2D eigenvalue weighted by Gasteiger charge is 2.19. The van der Waals surface area contributed by atoms with Crippen molar-refractivity contribution in [3.05, 3.63) is 57.4 Å². The second kappa shape index (κ2) is 5.48. The topological polar surface area (TPSA) is 52.0 Å². The first-order chi connectivity index (χ1) is 10.1. The second-order valence-corrected chi connectivity index (χ2v) is 5.92. The molecule has 5 heteroatoms. The van der Waals surface area contributed by atoms with Crippen LogP contribution in [0.15, 0.2) is 47.0 Å². The maximum atomic E-state index is 13.3. The first-order valence-electron chi connectivity index (χ1n) is 6.34. The first kappa shape index (κ1) is 14.1. The van der Waals surface area contributed by atoms with Crippen molar-refractivity contribution in [1.82, 2.24) is 5.16 Å². The van der Waals surface area contributed by atoms with Crippen LogP contribution in [0.1, 0.15) is 5.56 Å². The summed E-state index contributed by atoms with van der Waals surface area (Å²) in [5.41, 5.74) is 9.54. The highest BCUT2D eigenvalue weighted by Crippen LogP contribution is 2.38. The molecular weight excluding hydrogens is 382 g/mol. The lowest BCUT2D eigenvalue weighted by Gasteiger charge is -2.05. The van der Waals surface area contributed by atoms with E-state index in [0.29, 0.717) is 11.6 Å². The Balaban J connectivity index is 2.19. The molecule has 2 N–H and O–H groups in total. The van der Waals surface area contributed by atoms with Gasteiger partial charge in [-0.3, -0.25) is 0 Å². The highest BCUT2D eigenvalue weighted by molar-refractivity contribution is 14.1. The minimum absolute atomic E-state index is 0.285. The Labute approximate surface area is 135 Å². The number of benzene rings is 2. The Morgan fingerprint density at radius 3 is 2.52 bits per heavy atom. The van der Waals surface area contributed by atoms with Crippen LogP contribution in [0, 0.1) is 16.3 Å². The summed E-state index contributed by atoms with van der Waals surface area (Å²) >= 11 is 2.07. The quantitative estimate of drug-likeness (QED) is 0.645. The van der Waals surface area contributed by atoms with Crippen molar-refractivity contribution in [2.75, 3.05) is 5.73 Å². The van der Waals surface area contributed by atoms with E-state index in [1.54, 1.807) is 6.07 Å². The van der Waals surface area contributed by atoms with E-state index in [2.05, 4.69) is 27.7 Å². The predicted octanol–water partition coefficient (Wildman–Crippen LogP) is 4.64. The van der Waals surface area contributed by atoms with Crippen LogP contribution < -0.4 is 5.73 Å². The third-order valence-electron chi connectivity index (χ3n) is 3.23. The van der Waals surface area contributed by atoms with Gasteiger partial charge in [-0.05, 0) is 53.3 Å². The van der Waals surface area contributed by atoms with Gasteiger partial charge in [0.05, 0.1) is 5.56 Å². The van der Waals surface area contributed by atoms with E-state index in [-0.39, 0.29) is 5.82 Å². The van der Waals surface area contributed by atoms with E-state index in [1.165, 1.54) is 12.1 Å². The Morgan fingerprint density at radius 2 is 1.86 bits per heavy atom. The van der Waals surface area contributed by atoms with Crippen LogP contribution in [-0.2, 0) is 0 Å². The molecule has 3 nitrogen and oxygen atoms in total. The zero-order chi connectivity index (χ0) is 15.0. The lowest BCUT2D eigenvalue weighted by atomic mass is 10.0. The van der Waals surface area contributed by atoms with Gasteiger partial charge in [0.25, 0.3) is 0 Å². The molecule has 0 bridgehead atoms. The Hall–Kier alpha value is -1.89. The van der Waals surface area contributed by atoms with Crippen LogP contribution in [0.5, 0.6) is 0 Å². The van der Waals surface area contributed by atoms with Gasteiger partial charge < -0.3 is 10.3 Å². The van der Waals surface area contributed by atoms with E-state index < -0.39 is 0 Å². The lowest BCUT2D eigenvalue weighted by Crippen LogP contribution is -1.90. The molecule has 0 aliphatic carbocycles. The number of halogens is 2. The van der Waals surface area contributed by atoms with Crippen LogP contribution in [0.2, 0.25) is 0 Å². The van der Waals surface area contributed by atoms with Gasteiger partial charge >= 0.3 is 0 Å². The van der Waals surface area contributed by atoms with Crippen molar-refractivity contribution in [2.45, 2.75) is 6.92 Å². The number of aromatic nitrogens is 1. The minimum atomic E-state index is -0.285. The summed E-state index contributed by atoms with van der Waals surface area (Å²) in [4.78, 5) is 0. The van der Waals surface area contributed by atoms with Gasteiger partial charge in [0.15, 0.2) is 11.6 Å². The molecule has 21 heavy (non-hydrogen) atoms. The molecule has 0 saturated carbocycles. The molecule has 0 amide bonds. The minimum Gasteiger partial charge on any atom is -0.380 e. The summed E-state index contributed by atoms with van der Waals surface area (Å²) < 4.78 is 19.4. The molecule has 106 valence electrons. The van der Waals surface area contributed by atoms with Gasteiger partial charge in [-0.25, -0.2) is 4.39 Å². The van der Waals surface area contributed by atoms with Gasteiger partial charge in [-0.1, -0.05) is 35.0 Å². The summed E-state index contributed by atoms with van der Waals surface area (Å²) in [6.45, 7) is 2.02. The normalized spacial score (nSPS) is 10.8. The van der Waals surface area contributed by atoms with Gasteiger partial charge in [0, 0.05) is 9.13 Å². The van der Waals surface area contributed by atoms with Crippen molar-refractivity contribution >= 4 is 28.4 Å². The molecule has 0 fully saturated rings. The molecule has 0 atom stereocenters. The first-order valence-corrected chi connectivity index (χ1v) is 7.42. The van der Waals surface area contributed by atoms with E-state index in [1.807, 2.05) is 31.2 Å². The third kappa shape index (κ3) is 2.65. The third-order valence-corrected chi connectivity index (χ3v) is 4.13. The summed E-state index contributed by atoms with van der Waals surface area (Å²) in [6.07, 6.45) is 0. The monoisotopic (exact) mass is 394 g/mol. The Kier molecular flexibility index (Phi) is 3.67. The molecule has 0 spiro atoms. The average molecular weight is 394 g/mol. The number of hydrogen-bond donors (Lipinski definition) is 1. The molecule has 0 saturated heterocycles. The van der Waals surface area contributed by atoms with Gasteiger partial charge in [-0.15, -0.1) is 0 Å². The van der Waals surface area contributed by atoms with E-state index >= 15 is 0 Å². The fourth-order valence-electron chi connectivity index (χ4n) is 2.16. The lowest BCUT2D eigenvalue weighted by molar-refractivity contribution is 0.436. The molecular formula is C16H12FIN2O. The maximum absolute atomic E-state index is 13.3. The molecule has 0 unspecified atom stereocenters. The van der Waals surface area contributed by atoms with Crippen LogP contribution in [0.4, 0.5) is 10.2 Å². The van der Waals surface area contributed by atoms with Crippen molar-refractivity contribution in [3.63, 3.8) is 0 Å². The fraction of sp³-hybridized carbons (Fsp3) is 0.0625. The largest absolute Gasteiger partial charge is 0.380 e. The summed E-state index contributed by atoms with van der Waals surface area (Å²) in [5, 5.41) is 3.86. The van der Waals surface area contributed by atoms with Crippen LogP contribution in [0.3, 0.4) is 0 Å². The summed E-state index contributed by atoms with van der Waals surface area (Å²) in [5.74, 6) is 0.599. The molecule has 0 aliphatic rings. The zero-order valence-electron chi connectivity index (χ0n) is 11.2. The zero-order valence-corrected chi connectivity index (χ0v) is 13.4. The van der Waals surface area contributed by atoms with Crippen molar-refractivity contribution in [1.29, 1.82) is 0 Å². The predicted molar refractivity (Wildman–Crippen MR) is 89.2 cm³/mol. The van der Waals surface area contributed by atoms with Crippen LogP contribution in [0.25, 0.3) is 22.5 Å². The number of nitrogen functional groups attached to an aromatic ring is 1. The van der Waals surface area contributed by atoms with Gasteiger partial charge in [0.2, 0.25) is 0 Å². The number of nitrogens with zero attached hydrogens (tertiary/aromatic N) is 1. The maximum Gasteiger partial charge on any atom is 0.177 e. The molecule has 2 aromatic carbocycles. The Morgan fingerprint density at radius 1 is 1.14 bits per heavy atom. The standard InChI is InChI=1S/C16H12FIN2O/c1-9-2-4-10(5-3-9)14-15(21-20-16(14)19)12-7-6-11(17)8-13(12)18/h2-8H,1H3,(H2,19,20). The second-order valence-electron chi connectivity index (χ2n) is 4.76. The van der Waals surface area contributed by atoms with Gasteiger partial charge in [0.1, 0.15) is 5.82 Å². The van der Waals surface area contributed by atoms with Crippen molar-refractivity contribution < 1.29 is 8.91 Å². The SMILES string of the molecule is Cc1ccc(-c2c(N)noc2-c2ccc(F)cc2I)cc1. The molecule has 0 aliphatic heterocycles. The van der Waals surface area contributed by atoms with Crippen molar-refractivity contribution in [2.24, 2.45) is 0 Å². The van der Waals surface area contributed by atoms with Crippen LogP contribution >= 0.6 is 22.6 Å². The molecule has 3 rings (SSSR count). The fourth-order valence-corrected chi connectivity index (χ4v) is 2.88. The van der Waals surface area contributed by atoms with E-state index in [0.717, 1.165) is 25.8 Å². The Bertz CT molecular complexity index is 797. The summed E-state index contributed by atoms with van der Waals surface area (Å²) in [6, 6.07) is 12.5. The molecule has 1 heterocycles. The van der Waals surface area contributed by atoms with Crippen molar-refractivity contribution in [3.8, 4) is 22.5 Å². The summed E-state index contributed by atoms with van der Waals surface area (Å²) in [7, 11) is 0. The molecule has 0 radical (unpaired) electrons. The highest BCUT2D eigenvalue weighted by atomic mass is 127. The number of rotatable bonds is 2. The molecule has 1 aromatic heterocycles. The van der Waals surface area contributed by atoms with E-state index in [9.17, 15) is 4.39 Å². The number of anilines is 1. The number of aryl methyl sites for hydroxylation is 1. The van der Waals surface area contributed by atoms with E-state index in [4.69, 9.17) is 10.3 Å².